The molecule has 1 aromatic heterocycles. The van der Waals surface area contributed by atoms with Gasteiger partial charge in [-0.2, -0.15) is 4.98 Å². The van der Waals surface area contributed by atoms with Crippen molar-refractivity contribution in [3.8, 4) is 22.6 Å². The highest BCUT2D eigenvalue weighted by molar-refractivity contribution is 7.90. The van der Waals surface area contributed by atoms with Gasteiger partial charge in [0, 0.05) is 23.6 Å². The van der Waals surface area contributed by atoms with E-state index < -0.39 is 30.7 Å². The van der Waals surface area contributed by atoms with Gasteiger partial charge in [-0.3, -0.25) is 0 Å². The van der Waals surface area contributed by atoms with Gasteiger partial charge in [-0.05, 0) is 48.5 Å². The van der Waals surface area contributed by atoms with Crippen molar-refractivity contribution in [3.05, 3.63) is 54.3 Å². The molecule has 0 bridgehead atoms. The number of oxazole rings is 1. The number of halogens is 1. The summed E-state index contributed by atoms with van der Waals surface area (Å²) in [6.07, 6.45) is 2.05. The van der Waals surface area contributed by atoms with E-state index in [9.17, 15) is 21.2 Å². The van der Waals surface area contributed by atoms with Crippen molar-refractivity contribution in [2.45, 2.75) is 10.1 Å². The van der Waals surface area contributed by atoms with Crippen LogP contribution in [0.25, 0.3) is 22.6 Å². The maximum Gasteiger partial charge on any atom is 0.315 e. The van der Waals surface area contributed by atoms with E-state index in [1.807, 2.05) is 0 Å². The molecule has 0 aliphatic carbocycles. The normalized spacial score (nSPS) is 12.3. The van der Waals surface area contributed by atoms with Gasteiger partial charge in [0.1, 0.15) is 11.5 Å². The molecule has 0 atom stereocenters. The minimum Gasteiger partial charge on any atom is -0.427 e. The molecule has 136 valence electrons. The van der Waals surface area contributed by atoms with Gasteiger partial charge < -0.3 is 4.42 Å². The molecule has 0 aliphatic rings. The van der Waals surface area contributed by atoms with E-state index in [0.717, 1.165) is 12.5 Å². The Labute approximate surface area is 150 Å². The van der Waals surface area contributed by atoms with Gasteiger partial charge >= 0.3 is 5.22 Å². The Morgan fingerprint density at radius 3 is 1.85 bits per heavy atom. The van der Waals surface area contributed by atoms with Crippen molar-refractivity contribution in [1.29, 1.82) is 0 Å². The monoisotopic (exact) mass is 395 g/mol. The van der Waals surface area contributed by atoms with E-state index in [2.05, 4.69) is 4.98 Å². The first-order valence-corrected chi connectivity index (χ1v) is 11.1. The second-order valence-corrected chi connectivity index (χ2v) is 9.64. The molecule has 3 aromatic rings. The molecule has 0 fully saturated rings. The van der Waals surface area contributed by atoms with Crippen LogP contribution in [-0.4, -0.2) is 34.3 Å². The lowest BCUT2D eigenvalue weighted by Gasteiger charge is -2.03. The van der Waals surface area contributed by atoms with Crippen LogP contribution in [0.5, 0.6) is 0 Å². The highest BCUT2D eigenvalue weighted by Crippen LogP contribution is 2.34. The molecule has 0 aliphatic heterocycles. The Morgan fingerprint density at radius 2 is 1.35 bits per heavy atom. The van der Waals surface area contributed by atoms with Gasteiger partial charge in [0.2, 0.25) is 9.84 Å². The van der Waals surface area contributed by atoms with Crippen LogP contribution < -0.4 is 0 Å². The number of hydrogen-bond acceptors (Lipinski definition) is 6. The Morgan fingerprint density at radius 1 is 0.808 bits per heavy atom. The summed E-state index contributed by atoms with van der Waals surface area (Å²) in [5, 5.41) is -0.473. The van der Waals surface area contributed by atoms with Gasteiger partial charge in [-0.1, -0.05) is 0 Å². The molecule has 26 heavy (non-hydrogen) atoms. The van der Waals surface area contributed by atoms with Crippen LogP contribution >= 0.6 is 0 Å². The van der Waals surface area contributed by atoms with E-state index >= 15 is 0 Å². The molecular weight excluding hydrogens is 381 g/mol. The number of rotatable bonds is 4. The number of sulfone groups is 2. The zero-order valence-corrected chi connectivity index (χ0v) is 15.4. The second-order valence-electron chi connectivity index (χ2n) is 5.73. The molecule has 1 heterocycles. The molecule has 0 saturated carbocycles. The van der Waals surface area contributed by atoms with Gasteiger partial charge in [0.25, 0.3) is 0 Å². The molecule has 0 radical (unpaired) electrons. The van der Waals surface area contributed by atoms with Crippen molar-refractivity contribution in [2.75, 3.05) is 12.5 Å². The lowest BCUT2D eigenvalue weighted by Crippen LogP contribution is -1.96. The van der Waals surface area contributed by atoms with Gasteiger partial charge in [0.15, 0.2) is 15.6 Å². The van der Waals surface area contributed by atoms with Crippen LogP contribution in [0.1, 0.15) is 0 Å². The third-order valence-electron chi connectivity index (χ3n) is 3.59. The Bertz CT molecular complexity index is 1160. The first-order valence-electron chi connectivity index (χ1n) is 7.33. The fourth-order valence-corrected chi connectivity index (χ4v) is 3.43. The largest absolute Gasteiger partial charge is 0.427 e. The van der Waals surface area contributed by atoms with E-state index in [0.29, 0.717) is 11.1 Å². The SMILES string of the molecule is CS(=O)(=O)c1ccc(-c2oc(S(C)(=O)=O)nc2-c2ccc(F)cc2)cc1. The molecule has 0 amide bonds. The number of aromatic nitrogens is 1. The molecule has 6 nitrogen and oxygen atoms in total. The first kappa shape index (κ1) is 18.3. The van der Waals surface area contributed by atoms with Gasteiger partial charge in [-0.15, -0.1) is 0 Å². The smallest absolute Gasteiger partial charge is 0.315 e. The summed E-state index contributed by atoms with van der Waals surface area (Å²) >= 11 is 0. The van der Waals surface area contributed by atoms with Crippen LogP contribution in [0.4, 0.5) is 4.39 Å². The fourth-order valence-electron chi connectivity index (χ4n) is 2.31. The summed E-state index contributed by atoms with van der Waals surface area (Å²) in [5.74, 6) is -0.295. The Hall–Kier alpha value is -2.52. The molecule has 0 unspecified atom stereocenters. The predicted octanol–water partition coefficient (Wildman–Crippen LogP) is 2.95. The predicted molar refractivity (Wildman–Crippen MR) is 93.6 cm³/mol. The summed E-state index contributed by atoms with van der Waals surface area (Å²) in [5.41, 5.74) is 1.13. The summed E-state index contributed by atoms with van der Waals surface area (Å²) in [6, 6.07) is 11.1. The quantitative estimate of drug-likeness (QED) is 0.674. The second kappa shape index (κ2) is 6.33. The van der Waals surface area contributed by atoms with E-state index in [-0.39, 0.29) is 16.3 Å². The zero-order valence-electron chi connectivity index (χ0n) is 13.8. The highest BCUT2D eigenvalue weighted by Gasteiger charge is 2.23. The molecule has 0 N–H and O–H groups in total. The Balaban J connectivity index is 2.19. The molecular formula is C17H14FNO5S2. The van der Waals surface area contributed by atoms with Crippen molar-refractivity contribution in [2.24, 2.45) is 0 Å². The van der Waals surface area contributed by atoms with Gasteiger partial charge in [-0.25, -0.2) is 21.2 Å². The van der Waals surface area contributed by atoms with Crippen LogP contribution in [-0.2, 0) is 19.7 Å². The lowest BCUT2D eigenvalue weighted by atomic mass is 10.1. The third-order valence-corrected chi connectivity index (χ3v) is 5.52. The first-order chi connectivity index (χ1) is 12.1. The maximum atomic E-state index is 13.2. The average molecular weight is 395 g/mol. The average Bonchev–Trinajstić information content (AvgIpc) is 3.00. The minimum absolute atomic E-state index is 0.118. The van der Waals surface area contributed by atoms with E-state index in [4.69, 9.17) is 4.42 Å². The number of hydrogen-bond donors (Lipinski definition) is 0. The van der Waals surface area contributed by atoms with Crippen LogP contribution in [0.2, 0.25) is 0 Å². The summed E-state index contributed by atoms with van der Waals surface area (Å²) < 4.78 is 65.4. The van der Waals surface area contributed by atoms with Crippen LogP contribution in [0, 0.1) is 5.82 Å². The van der Waals surface area contributed by atoms with Crippen LogP contribution in [0.3, 0.4) is 0 Å². The molecule has 0 spiro atoms. The van der Waals surface area contributed by atoms with Gasteiger partial charge in [0.05, 0.1) is 4.90 Å². The number of benzene rings is 2. The van der Waals surface area contributed by atoms with E-state index in [1.165, 1.54) is 48.5 Å². The minimum atomic E-state index is -3.71. The topological polar surface area (TPSA) is 94.3 Å². The molecule has 2 aromatic carbocycles. The molecule has 0 saturated heterocycles. The maximum absolute atomic E-state index is 13.2. The third kappa shape index (κ3) is 3.68. The van der Waals surface area contributed by atoms with Crippen molar-refractivity contribution >= 4 is 19.7 Å². The zero-order chi connectivity index (χ0) is 19.1. The molecule has 9 heteroatoms. The summed E-state index contributed by atoms with van der Waals surface area (Å²) in [4.78, 5) is 4.15. The van der Waals surface area contributed by atoms with Crippen molar-refractivity contribution in [3.63, 3.8) is 0 Å². The van der Waals surface area contributed by atoms with E-state index in [1.54, 1.807) is 0 Å². The van der Waals surface area contributed by atoms with Crippen LogP contribution in [0.15, 0.2) is 63.1 Å². The van der Waals surface area contributed by atoms with Crippen molar-refractivity contribution in [1.82, 2.24) is 4.98 Å². The molecule has 3 rings (SSSR count). The number of nitrogens with zero attached hydrogens (tertiary/aromatic N) is 1. The fraction of sp³-hybridized carbons (Fsp3) is 0.118. The summed E-state index contributed by atoms with van der Waals surface area (Å²) in [7, 11) is -7.08. The van der Waals surface area contributed by atoms with Crippen molar-refractivity contribution < 1.29 is 25.6 Å². The lowest BCUT2D eigenvalue weighted by molar-refractivity contribution is 0.442. The Kier molecular flexibility index (Phi) is 4.45. The standard InChI is InChI=1S/C17H14FNO5S2/c1-25(20,21)14-9-5-12(6-10-14)16-15(11-3-7-13(18)8-4-11)19-17(24-16)26(2,22)23/h3-10H,1-2H3. The summed E-state index contributed by atoms with van der Waals surface area (Å²) in [6.45, 7) is 0. The highest BCUT2D eigenvalue weighted by atomic mass is 32.2.